The molecule has 0 bridgehead atoms. The zero-order chi connectivity index (χ0) is 17.5. The molecule has 0 spiro atoms. The molecular weight excluding hydrogens is 292 g/mol. The summed E-state index contributed by atoms with van der Waals surface area (Å²) in [5.74, 6) is 4.69. The summed E-state index contributed by atoms with van der Waals surface area (Å²) in [4.78, 5) is 0. The lowest BCUT2D eigenvalue weighted by Gasteiger charge is -2.37. The molecule has 0 aromatic heterocycles. The van der Waals surface area contributed by atoms with Crippen LogP contribution in [0.25, 0.3) is 0 Å². The summed E-state index contributed by atoms with van der Waals surface area (Å²) in [6.07, 6.45) is 18.3. The fraction of sp³-hybridized carbons (Fsp3) is 0.913. The fourth-order valence-corrected chi connectivity index (χ4v) is 5.18. The molecule has 1 fully saturated rings. The molecular formula is C23H42O. The quantitative estimate of drug-likeness (QED) is 0.495. The van der Waals surface area contributed by atoms with Crippen LogP contribution in [-0.2, 0) is 0 Å². The molecule has 4 unspecified atom stereocenters. The van der Waals surface area contributed by atoms with Crippen molar-refractivity contribution in [3.63, 3.8) is 0 Å². The normalized spacial score (nSPS) is 36.5. The largest absolute Gasteiger partial charge is 0.393 e. The third-order valence-electron chi connectivity index (χ3n) is 7.08. The van der Waals surface area contributed by atoms with Crippen LogP contribution < -0.4 is 0 Å². The molecule has 1 nitrogen and oxygen atoms in total. The van der Waals surface area contributed by atoms with Crippen LogP contribution in [0.3, 0.4) is 0 Å². The van der Waals surface area contributed by atoms with Gasteiger partial charge in [-0.05, 0) is 67.6 Å². The van der Waals surface area contributed by atoms with E-state index < -0.39 is 0 Å². The molecule has 1 N–H and O–H groups in total. The number of aliphatic hydroxyl groups excluding tert-OH is 1. The van der Waals surface area contributed by atoms with Crippen molar-refractivity contribution in [1.82, 2.24) is 0 Å². The highest BCUT2D eigenvalue weighted by Gasteiger charge is 2.32. The van der Waals surface area contributed by atoms with Gasteiger partial charge in [-0.2, -0.15) is 0 Å². The van der Waals surface area contributed by atoms with Crippen molar-refractivity contribution in [3.05, 3.63) is 12.2 Å². The highest BCUT2D eigenvalue weighted by molar-refractivity contribution is 5.02. The number of hydrogen-bond donors (Lipinski definition) is 1. The highest BCUT2D eigenvalue weighted by Crippen LogP contribution is 2.40. The molecule has 2 aliphatic carbocycles. The van der Waals surface area contributed by atoms with E-state index in [-0.39, 0.29) is 6.10 Å². The van der Waals surface area contributed by atoms with E-state index in [1.807, 2.05) is 0 Å². The van der Waals surface area contributed by atoms with E-state index in [1.54, 1.807) is 0 Å². The molecule has 0 aliphatic heterocycles. The number of rotatable bonds is 8. The summed E-state index contributed by atoms with van der Waals surface area (Å²) in [6.45, 7) is 9.42. The Balaban J connectivity index is 1.72. The van der Waals surface area contributed by atoms with E-state index in [1.165, 1.54) is 57.8 Å². The van der Waals surface area contributed by atoms with Crippen LogP contribution in [-0.4, -0.2) is 11.2 Å². The summed E-state index contributed by atoms with van der Waals surface area (Å²) in [5, 5.41) is 9.95. The van der Waals surface area contributed by atoms with Crippen molar-refractivity contribution in [2.45, 2.75) is 98.0 Å². The van der Waals surface area contributed by atoms with Gasteiger partial charge in [-0.15, -0.1) is 0 Å². The summed E-state index contributed by atoms with van der Waals surface area (Å²) in [5.41, 5.74) is 0. The van der Waals surface area contributed by atoms with Gasteiger partial charge < -0.3 is 5.11 Å². The van der Waals surface area contributed by atoms with E-state index in [4.69, 9.17) is 0 Å². The topological polar surface area (TPSA) is 20.2 Å². The Labute approximate surface area is 151 Å². The maximum Gasteiger partial charge on any atom is 0.0566 e. The van der Waals surface area contributed by atoms with Gasteiger partial charge in [-0.25, -0.2) is 0 Å². The van der Waals surface area contributed by atoms with Gasteiger partial charge in [-0.3, -0.25) is 0 Å². The Kier molecular flexibility index (Phi) is 8.34. The van der Waals surface area contributed by atoms with Crippen LogP contribution >= 0.6 is 0 Å². The van der Waals surface area contributed by atoms with Gasteiger partial charge in [0.05, 0.1) is 6.10 Å². The van der Waals surface area contributed by atoms with Gasteiger partial charge in [0.1, 0.15) is 0 Å². The first-order valence-electron chi connectivity index (χ1n) is 10.9. The SMILES string of the molecule is CCCC(C)CCC[C@H](C)C1C=C[C@@H](C2CC[C@@H](O)C(C)C2)CC1. The number of allylic oxidation sites excluding steroid dienone is 2. The molecule has 140 valence electrons. The van der Waals surface area contributed by atoms with Crippen molar-refractivity contribution in [3.8, 4) is 0 Å². The van der Waals surface area contributed by atoms with Crippen molar-refractivity contribution < 1.29 is 5.11 Å². The standard InChI is InChI=1S/C23H42O/c1-5-7-17(2)8-6-9-18(3)20-10-12-21(13-11-20)22-14-15-23(24)19(4)16-22/h10,12,17-24H,5-9,11,13-16H2,1-4H3/t17?,18-,19?,20?,21+,22?,23+/m0/s1. The van der Waals surface area contributed by atoms with Crippen LogP contribution in [0, 0.1) is 35.5 Å². The smallest absolute Gasteiger partial charge is 0.0566 e. The second kappa shape index (κ2) is 10.00. The van der Waals surface area contributed by atoms with Gasteiger partial charge in [-0.1, -0.05) is 72.0 Å². The molecule has 2 aliphatic rings. The Morgan fingerprint density at radius 3 is 2.42 bits per heavy atom. The van der Waals surface area contributed by atoms with E-state index >= 15 is 0 Å². The highest BCUT2D eigenvalue weighted by atomic mass is 16.3. The Bertz CT molecular complexity index is 374. The monoisotopic (exact) mass is 334 g/mol. The van der Waals surface area contributed by atoms with Crippen molar-refractivity contribution in [2.75, 3.05) is 0 Å². The number of hydrogen-bond acceptors (Lipinski definition) is 1. The first kappa shape index (κ1) is 20.0. The number of aliphatic hydroxyl groups is 1. The van der Waals surface area contributed by atoms with Crippen LogP contribution in [0.5, 0.6) is 0 Å². The molecule has 0 aromatic carbocycles. The summed E-state index contributed by atoms with van der Waals surface area (Å²) in [6, 6.07) is 0. The van der Waals surface area contributed by atoms with Gasteiger partial charge in [0.15, 0.2) is 0 Å². The molecule has 0 aromatic rings. The zero-order valence-electron chi connectivity index (χ0n) is 16.7. The second-order valence-electron chi connectivity index (χ2n) is 9.21. The average molecular weight is 335 g/mol. The van der Waals surface area contributed by atoms with Crippen LogP contribution in [0.2, 0.25) is 0 Å². The fourth-order valence-electron chi connectivity index (χ4n) is 5.18. The van der Waals surface area contributed by atoms with Crippen LogP contribution in [0.15, 0.2) is 12.2 Å². The van der Waals surface area contributed by atoms with E-state index in [0.29, 0.717) is 5.92 Å². The van der Waals surface area contributed by atoms with Gasteiger partial charge in [0, 0.05) is 0 Å². The van der Waals surface area contributed by atoms with Crippen molar-refractivity contribution in [1.29, 1.82) is 0 Å². The Morgan fingerprint density at radius 2 is 1.79 bits per heavy atom. The van der Waals surface area contributed by atoms with E-state index in [0.717, 1.165) is 36.0 Å². The predicted molar refractivity (Wildman–Crippen MR) is 105 cm³/mol. The van der Waals surface area contributed by atoms with Gasteiger partial charge >= 0.3 is 0 Å². The lowest BCUT2D eigenvalue weighted by atomic mass is 9.69. The maximum absolute atomic E-state index is 9.95. The van der Waals surface area contributed by atoms with Crippen molar-refractivity contribution >= 4 is 0 Å². The summed E-state index contributed by atoms with van der Waals surface area (Å²) < 4.78 is 0. The minimum atomic E-state index is -0.0447. The lowest BCUT2D eigenvalue weighted by Crippen LogP contribution is -2.31. The third kappa shape index (κ3) is 5.90. The lowest BCUT2D eigenvalue weighted by molar-refractivity contribution is 0.0450. The second-order valence-corrected chi connectivity index (χ2v) is 9.21. The van der Waals surface area contributed by atoms with Crippen LogP contribution in [0.1, 0.15) is 91.9 Å². The molecule has 7 atom stereocenters. The molecule has 1 saturated carbocycles. The van der Waals surface area contributed by atoms with E-state index in [9.17, 15) is 5.11 Å². The predicted octanol–water partition coefficient (Wildman–Crippen LogP) is 6.61. The third-order valence-corrected chi connectivity index (χ3v) is 7.08. The van der Waals surface area contributed by atoms with E-state index in [2.05, 4.69) is 39.8 Å². The minimum absolute atomic E-state index is 0.0447. The molecule has 0 radical (unpaired) electrons. The summed E-state index contributed by atoms with van der Waals surface area (Å²) in [7, 11) is 0. The zero-order valence-corrected chi connectivity index (χ0v) is 16.7. The summed E-state index contributed by atoms with van der Waals surface area (Å²) >= 11 is 0. The van der Waals surface area contributed by atoms with Gasteiger partial charge in [0.2, 0.25) is 0 Å². The van der Waals surface area contributed by atoms with Gasteiger partial charge in [0.25, 0.3) is 0 Å². The molecule has 0 amide bonds. The Hall–Kier alpha value is -0.300. The molecule has 0 saturated heterocycles. The van der Waals surface area contributed by atoms with Crippen molar-refractivity contribution in [2.24, 2.45) is 35.5 Å². The first-order valence-corrected chi connectivity index (χ1v) is 10.9. The molecule has 0 heterocycles. The molecule has 24 heavy (non-hydrogen) atoms. The maximum atomic E-state index is 9.95. The average Bonchev–Trinajstić information content (AvgIpc) is 2.57. The molecule has 1 heteroatoms. The first-order chi connectivity index (χ1) is 11.5. The van der Waals surface area contributed by atoms with Crippen LogP contribution in [0.4, 0.5) is 0 Å². The molecule has 2 rings (SSSR count). The minimum Gasteiger partial charge on any atom is -0.393 e. The Morgan fingerprint density at radius 1 is 1.00 bits per heavy atom.